The van der Waals surface area contributed by atoms with Crippen LogP contribution in [0.5, 0.6) is 0 Å². The third kappa shape index (κ3) is 3.55. The third-order valence-electron chi connectivity index (χ3n) is 4.60. The van der Waals surface area contributed by atoms with Crippen LogP contribution < -0.4 is 5.06 Å². The molecule has 0 radical (unpaired) electrons. The second-order valence-electron chi connectivity index (χ2n) is 8.16. The van der Waals surface area contributed by atoms with E-state index in [0.29, 0.717) is 11.5 Å². The Balaban J connectivity index is 1.87. The second-order valence-corrected chi connectivity index (χ2v) is 8.16. The van der Waals surface area contributed by atoms with Crippen molar-refractivity contribution in [2.45, 2.75) is 65.0 Å². The molecule has 1 saturated heterocycles. The van der Waals surface area contributed by atoms with Gasteiger partial charge in [0.1, 0.15) is 0 Å². The van der Waals surface area contributed by atoms with Crippen LogP contribution >= 0.6 is 0 Å². The molecule has 1 amide bonds. The molecule has 3 heterocycles. The van der Waals surface area contributed by atoms with Gasteiger partial charge in [-0.3, -0.25) is 0 Å². The number of hydroxylamine groups is 1. The van der Waals surface area contributed by atoms with Crippen molar-refractivity contribution in [3.05, 3.63) is 24.5 Å². The van der Waals surface area contributed by atoms with E-state index < -0.39 is 5.54 Å². The van der Waals surface area contributed by atoms with Gasteiger partial charge in [-0.2, -0.15) is 10.2 Å². The summed E-state index contributed by atoms with van der Waals surface area (Å²) < 4.78 is 1.68. The first-order valence-electron chi connectivity index (χ1n) is 8.79. The van der Waals surface area contributed by atoms with Gasteiger partial charge in [-0.25, -0.2) is 14.3 Å². The van der Waals surface area contributed by atoms with Gasteiger partial charge in [-0.15, -0.1) is 0 Å². The highest BCUT2D eigenvalue weighted by atomic mass is 16.7. The zero-order chi connectivity index (χ0) is 18.2. The van der Waals surface area contributed by atoms with Crippen molar-refractivity contribution < 1.29 is 9.63 Å². The number of amides is 1. The van der Waals surface area contributed by atoms with Crippen LogP contribution in [0.4, 0.5) is 10.6 Å². The summed E-state index contributed by atoms with van der Waals surface area (Å²) in [5.74, 6) is 0.587. The predicted octanol–water partition coefficient (Wildman–Crippen LogP) is 3.65. The molecule has 1 aliphatic rings. The molecule has 25 heavy (non-hydrogen) atoms. The van der Waals surface area contributed by atoms with Gasteiger partial charge < -0.3 is 9.74 Å². The van der Waals surface area contributed by atoms with Gasteiger partial charge in [-0.05, 0) is 53.9 Å². The monoisotopic (exact) mass is 345 g/mol. The molecule has 7 heteroatoms. The lowest BCUT2D eigenvalue weighted by Gasteiger charge is -2.43. The number of carbonyl (C=O) groups excluding carboxylic acids is 1. The minimum Gasteiger partial charge on any atom is -0.319 e. The average Bonchev–Trinajstić information content (AvgIpc) is 2.98. The van der Waals surface area contributed by atoms with Gasteiger partial charge in [0.15, 0.2) is 11.5 Å². The van der Waals surface area contributed by atoms with Gasteiger partial charge >= 0.3 is 6.09 Å². The maximum atomic E-state index is 12.9. The van der Waals surface area contributed by atoms with Crippen molar-refractivity contribution >= 4 is 17.6 Å². The quantitative estimate of drug-likeness (QED) is 0.778. The van der Waals surface area contributed by atoms with Crippen molar-refractivity contribution in [3.63, 3.8) is 0 Å². The molecule has 0 bridgehead atoms. The molecule has 0 unspecified atom stereocenters. The molecular weight excluding hydrogens is 318 g/mol. The number of rotatable bonds is 2. The minimum absolute atomic E-state index is 0.193. The molecule has 0 aromatic carbocycles. The fourth-order valence-corrected chi connectivity index (χ4v) is 3.17. The van der Waals surface area contributed by atoms with Crippen LogP contribution in [0.25, 0.3) is 5.65 Å². The van der Waals surface area contributed by atoms with E-state index in [4.69, 9.17) is 4.84 Å². The Hall–Kier alpha value is -2.31. The van der Waals surface area contributed by atoms with E-state index in [-0.39, 0.29) is 11.6 Å². The summed E-state index contributed by atoms with van der Waals surface area (Å²) in [5, 5.41) is 5.74. The highest BCUT2D eigenvalue weighted by Gasteiger charge is 2.37. The second kappa shape index (κ2) is 6.20. The molecule has 0 N–H and O–H groups in total. The fourth-order valence-electron chi connectivity index (χ4n) is 3.17. The summed E-state index contributed by atoms with van der Waals surface area (Å²) in [7, 11) is 0. The summed E-state index contributed by atoms with van der Waals surface area (Å²) in [5.41, 5.74) is 0.0870. The molecule has 3 rings (SSSR count). The van der Waals surface area contributed by atoms with Crippen LogP contribution in [0.2, 0.25) is 0 Å². The molecule has 1 aliphatic heterocycles. The van der Waals surface area contributed by atoms with Crippen molar-refractivity contribution in [2.24, 2.45) is 0 Å². The van der Waals surface area contributed by atoms with Crippen molar-refractivity contribution in [3.8, 4) is 0 Å². The third-order valence-corrected chi connectivity index (χ3v) is 4.60. The Morgan fingerprint density at radius 1 is 1.28 bits per heavy atom. The normalized spacial score (nSPS) is 17.6. The largest absolute Gasteiger partial charge is 0.434 e. The number of hydrogen-bond acceptors (Lipinski definition) is 5. The van der Waals surface area contributed by atoms with Crippen LogP contribution in [0, 0.1) is 0 Å². The fraction of sp³-hybridized carbons (Fsp3) is 0.611. The number of likely N-dealkylation sites (tertiary alicyclic amines) is 1. The van der Waals surface area contributed by atoms with Crippen molar-refractivity contribution in [2.75, 3.05) is 11.6 Å². The Labute approximate surface area is 148 Å². The van der Waals surface area contributed by atoms with Crippen LogP contribution in [-0.4, -0.2) is 43.2 Å². The van der Waals surface area contributed by atoms with Crippen molar-refractivity contribution in [1.29, 1.82) is 0 Å². The molecule has 0 aliphatic carbocycles. The van der Waals surface area contributed by atoms with E-state index >= 15 is 0 Å². The lowest BCUT2D eigenvalue weighted by molar-refractivity contribution is 0.0239. The number of piperidine rings is 1. The van der Waals surface area contributed by atoms with E-state index in [9.17, 15) is 4.79 Å². The Morgan fingerprint density at radius 2 is 2.04 bits per heavy atom. The van der Waals surface area contributed by atoms with Gasteiger partial charge in [0.25, 0.3) is 0 Å². The SMILES string of the molecule is CC(C)(C)N(OC(=O)N1CCCCC1(C)C)c1ccn2nccc2n1. The average molecular weight is 345 g/mol. The predicted molar refractivity (Wildman–Crippen MR) is 96.3 cm³/mol. The Bertz CT molecular complexity index is 762. The van der Waals surface area contributed by atoms with E-state index in [1.165, 1.54) is 0 Å². The zero-order valence-corrected chi connectivity index (χ0v) is 15.7. The van der Waals surface area contributed by atoms with Crippen LogP contribution in [-0.2, 0) is 4.84 Å². The number of nitrogens with zero attached hydrogens (tertiary/aromatic N) is 5. The summed E-state index contributed by atoms with van der Waals surface area (Å²) in [6, 6.07) is 3.62. The van der Waals surface area contributed by atoms with E-state index in [2.05, 4.69) is 23.9 Å². The molecular formula is C18H27N5O2. The van der Waals surface area contributed by atoms with Crippen LogP contribution in [0.15, 0.2) is 24.5 Å². The molecule has 0 atom stereocenters. The minimum atomic E-state index is -0.430. The van der Waals surface area contributed by atoms with Crippen molar-refractivity contribution in [1.82, 2.24) is 19.5 Å². The maximum absolute atomic E-state index is 12.9. The number of anilines is 1. The number of carbonyl (C=O) groups is 1. The molecule has 1 fully saturated rings. The van der Waals surface area contributed by atoms with Gasteiger partial charge in [0, 0.05) is 30.4 Å². The lowest BCUT2D eigenvalue weighted by Crippen LogP contribution is -2.54. The highest BCUT2D eigenvalue weighted by molar-refractivity contribution is 5.70. The Morgan fingerprint density at radius 3 is 2.72 bits per heavy atom. The van der Waals surface area contributed by atoms with E-state index in [0.717, 1.165) is 25.8 Å². The summed E-state index contributed by atoms with van der Waals surface area (Å²) in [4.78, 5) is 25.1. The first-order chi connectivity index (χ1) is 11.7. The lowest BCUT2D eigenvalue weighted by atomic mass is 9.91. The molecule has 7 nitrogen and oxygen atoms in total. The molecule has 0 saturated carbocycles. The summed E-state index contributed by atoms with van der Waals surface area (Å²) in [6.45, 7) is 10.9. The number of fused-ring (bicyclic) bond motifs is 1. The Kier molecular flexibility index (Phi) is 4.34. The first-order valence-corrected chi connectivity index (χ1v) is 8.79. The van der Waals surface area contributed by atoms with E-state index in [1.54, 1.807) is 21.8 Å². The molecule has 0 spiro atoms. The number of aromatic nitrogens is 3. The molecule has 136 valence electrons. The zero-order valence-electron chi connectivity index (χ0n) is 15.7. The smallest absolute Gasteiger partial charge is 0.319 e. The van der Waals surface area contributed by atoms with Gasteiger partial charge in [-0.1, -0.05) is 0 Å². The van der Waals surface area contributed by atoms with Crippen LogP contribution in [0.1, 0.15) is 53.9 Å². The topological polar surface area (TPSA) is 63.0 Å². The molecule has 2 aromatic rings. The first kappa shape index (κ1) is 17.5. The number of hydrogen-bond donors (Lipinski definition) is 0. The maximum Gasteiger partial charge on any atom is 0.434 e. The standard InChI is InChI=1S/C18H27N5O2/c1-17(2,3)23(15-9-13-22-14(20-15)8-11-19-22)25-16(24)21-12-7-6-10-18(21,4)5/h8-9,11,13H,6-7,10,12H2,1-5H3. The van der Waals surface area contributed by atoms with Gasteiger partial charge in [0.05, 0.1) is 11.7 Å². The highest BCUT2D eigenvalue weighted by Crippen LogP contribution is 2.30. The van der Waals surface area contributed by atoms with Gasteiger partial charge in [0.2, 0.25) is 0 Å². The van der Waals surface area contributed by atoms with Crippen LogP contribution in [0.3, 0.4) is 0 Å². The molecule has 2 aromatic heterocycles. The summed E-state index contributed by atoms with van der Waals surface area (Å²) in [6.07, 6.45) is 6.31. The van der Waals surface area contributed by atoms with E-state index in [1.807, 2.05) is 37.9 Å². The summed E-state index contributed by atoms with van der Waals surface area (Å²) >= 11 is 0.